The van der Waals surface area contributed by atoms with Gasteiger partial charge in [0.05, 0.1) is 29.6 Å². The van der Waals surface area contributed by atoms with Gasteiger partial charge in [-0.25, -0.2) is 9.78 Å². The molecule has 242 valence electrons. The molecule has 0 aromatic carbocycles. The number of fused-ring (bicyclic) bond motifs is 1. The van der Waals surface area contributed by atoms with Crippen molar-refractivity contribution < 1.29 is 28.6 Å². The summed E-state index contributed by atoms with van der Waals surface area (Å²) in [6.07, 6.45) is 10.2. The predicted octanol–water partition coefficient (Wildman–Crippen LogP) is 6.31. The molecule has 0 bridgehead atoms. The van der Waals surface area contributed by atoms with E-state index >= 15 is 0 Å². The lowest BCUT2D eigenvalue weighted by Gasteiger charge is -2.40. The molecular formula is C33H47IN4O6. The molecule has 0 unspecified atom stereocenters. The van der Waals surface area contributed by atoms with Crippen molar-refractivity contribution in [3.63, 3.8) is 0 Å². The molecule has 10 nitrogen and oxygen atoms in total. The number of amides is 1. The first kappa shape index (κ1) is 34.3. The zero-order valence-corrected chi connectivity index (χ0v) is 29.2. The first-order valence-electron chi connectivity index (χ1n) is 15.6. The van der Waals surface area contributed by atoms with Crippen LogP contribution in [0, 0.1) is 23.7 Å². The highest BCUT2D eigenvalue weighted by Crippen LogP contribution is 2.43. The first-order valence-corrected chi connectivity index (χ1v) is 16.9. The Kier molecular flexibility index (Phi) is 11.1. The number of aromatic nitrogens is 3. The summed E-state index contributed by atoms with van der Waals surface area (Å²) in [6.45, 7) is 12.8. The molecule has 1 amide bonds. The predicted molar refractivity (Wildman–Crippen MR) is 175 cm³/mol. The van der Waals surface area contributed by atoms with Crippen molar-refractivity contribution in [1.29, 1.82) is 0 Å². The van der Waals surface area contributed by atoms with Crippen molar-refractivity contribution in [2.24, 2.45) is 23.7 Å². The minimum Gasteiger partial charge on any atom is -0.447 e. The quantitative estimate of drug-likeness (QED) is 0.142. The number of ether oxygens (including phenoxy) is 3. The smallest absolute Gasteiger partial charge is 0.410 e. The third-order valence-corrected chi connectivity index (χ3v) is 10.9. The Morgan fingerprint density at radius 1 is 1.07 bits per heavy atom. The summed E-state index contributed by atoms with van der Waals surface area (Å²) in [6, 6.07) is 3.25. The highest BCUT2D eigenvalue weighted by Gasteiger charge is 2.59. The van der Waals surface area contributed by atoms with E-state index in [1.165, 1.54) is 0 Å². The van der Waals surface area contributed by atoms with E-state index in [0.29, 0.717) is 25.8 Å². The Morgan fingerprint density at radius 3 is 2.48 bits per heavy atom. The van der Waals surface area contributed by atoms with Gasteiger partial charge in [0, 0.05) is 56.2 Å². The lowest BCUT2D eigenvalue weighted by Crippen LogP contribution is -2.56. The first-order chi connectivity index (χ1) is 20.8. The Labute approximate surface area is 274 Å². The molecule has 0 N–H and O–H groups in total. The fraction of sp³-hybridized carbons (Fsp3) is 0.667. The minimum absolute atomic E-state index is 0.0437. The normalized spacial score (nSPS) is 33.8. The van der Waals surface area contributed by atoms with Crippen molar-refractivity contribution in [2.45, 2.75) is 102 Å². The highest BCUT2D eigenvalue weighted by molar-refractivity contribution is 14.1. The molecule has 2 aromatic rings. The van der Waals surface area contributed by atoms with E-state index in [9.17, 15) is 14.4 Å². The van der Waals surface area contributed by atoms with Gasteiger partial charge in [0.25, 0.3) is 0 Å². The number of carbonyl (C=O) groups excluding carboxylic acids is 3. The topological polar surface area (TPSA) is 113 Å². The van der Waals surface area contributed by atoms with Gasteiger partial charge in [0.2, 0.25) is 0 Å². The molecule has 2 fully saturated rings. The maximum atomic E-state index is 14.0. The highest BCUT2D eigenvalue weighted by atomic mass is 127. The summed E-state index contributed by atoms with van der Waals surface area (Å²) < 4.78 is 19.2. The number of halogens is 1. The molecule has 0 saturated carbocycles. The van der Waals surface area contributed by atoms with Crippen LogP contribution in [0.5, 0.6) is 0 Å². The summed E-state index contributed by atoms with van der Waals surface area (Å²) in [5.41, 5.74) is 0.0820. The van der Waals surface area contributed by atoms with Gasteiger partial charge >= 0.3 is 12.1 Å². The van der Waals surface area contributed by atoms with Crippen LogP contribution in [-0.2, 0) is 30.3 Å². The van der Waals surface area contributed by atoms with Crippen LogP contribution in [0.2, 0.25) is 0 Å². The maximum absolute atomic E-state index is 14.0. The molecule has 2 saturated heterocycles. The number of hydrogen-bond donors (Lipinski definition) is 0. The molecule has 44 heavy (non-hydrogen) atoms. The van der Waals surface area contributed by atoms with Crippen molar-refractivity contribution in [1.82, 2.24) is 19.4 Å². The van der Waals surface area contributed by atoms with E-state index in [1.54, 1.807) is 37.7 Å². The van der Waals surface area contributed by atoms with Crippen molar-refractivity contribution in [3.8, 4) is 11.3 Å². The van der Waals surface area contributed by atoms with Crippen LogP contribution in [0.25, 0.3) is 11.3 Å². The second kappa shape index (κ2) is 14.3. The fourth-order valence-corrected chi connectivity index (χ4v) is 7.83. The summed E-state index contributed by atoms with van der Waals surface area (Å²) in [7, 11) is 1.68. The van der Waals surface area contributed by atoms with Crippen LogP contribution < -0.4 is 0 Å². The number of rotatable bonds is 7. The molecule has 2 aliphatic heterocycles. The number of carbonyl (C=O) groups is 3. The molecule has 4 heterocycles. The number of pyridine rings is 1. The second-order valence-electron chi connectivity index (χ2n) is 13.3. The number of alkyl halides is 1. The lowest BCUT2D eigenvalue weighted by atomic mass is 9.76. The summed E-state index contributed by atoms with van der Waals surface area (Å²) in [5, 5.41) is 0. The molecule has 8 atom stereocenters. The summed E-state index contributed by atoms with van der Waals surface area (Å²) in [4.78, 5) is 51.0. The molecule has 0 spiro atoms. The molecule has 4 rings (SSSR count). The van der Waals surface area contributed by atoms with E-state index < -0.39 is 33.4 Å². The van der Waals surface area contributed by atoms with Gasteiger partial charge < -0.3 is 23.7 Å². The van der Waals surface area contributed by atoms with Gasteiger partial charge in [-0.05, 0) is 86.6 Å². The Balaban J connectivity index is 1.53. The van der Waals surface area contributed by atoms with Crippen LogP contribution in [0.4, 0.5) is 4.79 Å². The Bertz CT molecular complexity index is 1310. The van der Waals surface area contributed by atoms with Gasteiger partial charge in [0.1, 0.15) is 5.78 Å². The summed E-state index contributed by atoms with van der Waals surface area (Å²) in [5.74, 6) is -1.28. The fourth-order valence-electron chi connectivity index (χ4n) is 7.09. The molecule has 0 radical (unpaired) electrons. The zero-order valence-electron chi connectivity index (χ0n) is 27.0. The number of cyclic esters (lactones) is 1. The third kappa shape index (κ3) is 7.63. The van der Waals surface area contributed by atoms with Gasteiger partial charge in [-0.1, -0.05) is 27.7 Å². The Morgan fingerprint density at radius 2 is 1.80 bits per heavy atom. The number of unbranched alkanes of at least 4 members (excludes halogenated alkanes) is 1. The Hall–Kier alpha value is -2.54. The van der Waals surface area contributed by atoms with E-state index in [4.69, 9.17) is 14.2 Å². The van der Waals surface area contributed by atoms with Crippen LogP contribution in [0.3, 0.4) is 0 Å². The molecule has 0 aliphatic carbocycles. The van der Waals surface area contributed by atoms with Crippen molar-refractivity contribution >= 4 is 40.4 Å². The maximum Gasteiger partial charge on any atom is 0.410 e. The standard InChI is InChI=1S/C33H47IN4O6/c1-21-15-22(2)29(40)43-30(34)33(6)28(24(4)27(39)23(3)17-32(5,16-21)42-7)38(31(41)44-33)14-9-8-13-37-19-26(36-20-37)25-11-10-12-35-18-25/h10-12,18-24,28,30H,8-9,13-17H2,1-7H3/t21-,22+,23+,24-,28+,30-,32-,33-/m0/s1. The summed E-state index contributed by atoms with van der Waals surface area (Å²) >= 11 is 2.05. The van der Waals surface area contributed by atoms with Crippen LogP contribution in [-0.4, -0.2) is 72.3 Å². The number of nitrogens with zero attached hydrogens (tertiary/aromatic N) is 4. The number of hydrogen-bond acceptors (Lipinski definition) is 8. The van der Waals surface area contributed by atoms with Crippen LogP contribution in [0.1, 0.15) is 73.6 Å². The van der Waals surface area contributed by atoms with E-state index in [1.807, 2.05) is 50.6 Å². The van der Waals surface area contributed by atoms with Gasteiger partial charge in [-0.3, -0.25) is 14.6 Å². The lowest BCUT2D eigenvalue weighted by molar-refractivity contribution is -0.158. The van der Waals surface area contributed by atoms with Crippen molar-refractivity contribution in [3.05, 3.63) is 37.1 Å². The number of aryl methyl sites for hydroxylation is 1. The van der Waals surface area contributed by atoms with Gasteiger partial charge in [-0.15, -0.1) is 0 Å². The molecule has 11 heteroatoms. The SMILES string of the molecule is CO[C@@]1(C)C[C@@H](C)C[C@@H](C)C(=O)O[C@H](I)[C@@]2(C)OC(=O)N(CCCCn3cnc(-c4cccnc4)c3)[C@@H]2[C@@H](C)C(=O)[C@H](C)C1. The second-order valence-corrected chi connectivity index (χ2v) is 14.4. The van der Waals surface area contributed by atoms with Crippen LogP contribution in [0.15, 0.2) is 37.1 Å². The van der Waals surface area contributed by atoms with Gasteiger partial charge in [-0.2, -0.15) is 0 Å². The van der Waals surface area contributed by atoms with Crippen molar-refractivity contribution in [2.75, 3.05) is 13.7 Å². The largest absolute Gasteiger partial charge is 0.447 e. The average Bonchev–Trinajstić information content (AvgIpc) is 3.56. The van der Waals surface area contributed by atoms with Crippen LogP contribution >= 0.6 is 22.6 Å². The minimum atomic E-state index is -1.20. The zero-order chi connectivity index (χ0) is 32.2. The van der Waals surface area contributed by atoms with E-state index in [-0.39, 0.29) is 29.5 Å². The number of methoxy groups -OCH3 is 1. The number of esters is 1. The monoisotopic (exact) mass is 722 g/mol. The number of imidazole rings is 1. The number of ketones is 1. The molecule has 2 aromatic heterocycles. The van der Waals surface area contributed by atoms with Gasteiger partial charge in [0.15, 0.2) is 9.71 Å². The molecule has 2 aliphatic rings. The molecular weight excluding hydrogens is 675 g/mol. The third-order valence-electron chi connectivity index (χ3n) is 9.37. The van der Waals surface area contributed by atoms with E-state index in [2.05, 4.69) is 39.5 Å². The number of Topliss-reactive ketones (excluding diaryl/α,β-unsaturated/α-hetero) is 1. The average molecular weight is 723 g/mol. The van der Waals surface area contributed by atoms with E-state index in [0.717, 1.165) is 30.6 Å².